The third kappa shape index (κ3) is 4.50. The smallest absolute Gasteiger partial charge is 0.0438 e. The molecule has 1 N–H and O–H groups in total. The SMILES string of the molecule is CNCC(Cc1ccccc1Cl)C1CCCCCC1. The van der Waals surface area contributed by atoms with E-state index in [2.05, 4.69) is 24.5 Å². The van der Waals surface area contributed by atoms with Crippen molar-refractivity contribution in [2.45, 2.75) is 44.9 Å². The summed E-state index contributed by atoms with van der Waals surface area (Å²) in [6.45, 7) is 1.11. The first-order valence-corrected chi connectivity index (χ1v) is 8.07. The van der Waals surface area contributed by atoms with E-state index in [1.807, 2.05) is 12.1 Å². The second-order valence-electron chi connectivity index (χ2n) is 5.86. The van der Waals surface area contributed by atoms with Crippen LogP contribution in [0.4, 0.5) is 0 Å². The molecule has 1 aromatic rings. The van der Waals surface area contributed by atoms with Crippen LogP contribution < -0.4 is 5.32 Å². The summed E-state index contributed by atoms with van der Waals surface area (Å²) < 4.78 is 0. The summed E-state index contributed by atoms with van der Waals surface area (Å²) in [6, 6.07) is 8.32. The fourth-order valence-electron chi connectivity index (χ4n) is 3.40. The molecule has 1 nitrogen and oxygen atoms in total. The Morgan fingerprint density at radius 1 is 1.16 bits per heavy atom. The zero-order chi connectivity index (χ0) is 13.5. The molecule has 0 amide bonds. The molecular formula is C17H26ClN. The predicted molar refractivity (Wildman–Crippen MR) is 83.8 cm³/mol. The van der Waals surface area contributed by atoms with Crippen molar-refractivity contribution in [1.82, 2.24) is 5.32 Å². The van der Waals surface area contributed by atoms with Gasteiger partial charge < -0.3 is 5.32 Å². The van der Waals surface area contributed by atoms with Crippen LogP contribution >= 0.6 is 11.6 Å². The first-order valence-electron chi connectivity index (χ1n) is 7.69. The lowest BCUT2D eigenvalue weighted by molar-refractivity contribution is 0.290. The highest BCUT2D eigenvalue weighted by Gasteiger charge is 2.23. The minimum absolute atomic E-state index is 0.725. The fourth-order valence-corrected chi connectivity index (χ4v) is 3.61. The van der Waals surface area contributed by atoms with Crippen LogP contribution in [0.3, 0.4) is 0 Å². The molecule has 0 saturated heterocycles. The largest absolute Gasteiger partial charge is 0.319 e. The second-order valence-corrected chi connectivity index (χ2v) is 6.27. The average molecular weight is 280 g/mol. The van der Waals surface area contributed by atoms with Gasteiger partial charge in [-0.1, -0.05) is 68.3 Å². The van der Waals surface area contributed by atoms with E-state index in [0.717, 1.165) is 29.8 Å². The Hall–Kier alpha value is -0.530. The molecule has 19 heavy (non-hydrogen) atoms. The normalized spacial score (nSPS) is 19.1. The number of benzene rings is 1. The van der Waals surface area contributed by atoms with Crippen molar-refractivity contribution >= 4 is 11.6 Å². The summed E-state index contributed by atoms with van der Waals surface area (Å²) in [5.74, 6) is 1.59. The van der Waals surface area contributed by atoms with Crippen LogP contribution in [0.5, 0.6) is 0 Å². The third-order valence-corrected chi connectivity index (χ3v) is 4.84. The van der Waals surface area contributed by atoms with Gasteiger partial charge in [-0.15, -0.1) is 0 Å². The summed E-state index contributed by atoms with van der Waals surface area (Å²) >= 11 is 6.32. The van der Waals surface area contributed by atoms with Crippen LogP contribution in [0, 0.1) is 11.8 Å². The third-order valence-electron chi connectivity index (χ3n) is 4.47. The number of rotatable bonds is 5. The molecule has 1 aromatic carbocycles. The predicted octanol–water partition coefficient (Wildman–Crippen LogP) is 4.69. The van der Waals surface area contributed by atoms with Crippen LogP contribution in [0.25, 0.3) is 0 Å². The highest BCUT2D eigenvalue weighted by atomic mass is 35.5. The van der Waals surface area contributed by atoms with Gasteiger partial charge in [-0.2, -0.15) is 0 Å². The molecule has 0 heterocycles. The average Bonchev–Trinajstić information content (AvgIpc) is 2.69. The summed E-state index contributed by atoms with van der Waals surface area (Å²) in [7, 11) is 2.07. The number of nitrogens with one attached hydrogen (secondary N) is 1. The maximum Gasteiger partial charge on any atom is 0.0438 e. The van der Waals surface area contributed by atoms with E-state index >= 15 is 0 Å². The van der Waals surface area contributed by atoms with Gasteiger partial charge in [0.2, 0.25) is 0 Å². The zero-order valence-electron chi connectivity index (χ0n) is 12.0. The molecule has 1 saturated carbocycles. The van der Waals surface area contributed by atoms with Crippen molar-refractivity contribution in [1.29, 1.82) is 0 Å². The van der Waals surface area contributed by atoms with E-state index < -0.39 is 0 Å². The van der Waals surface area contributed by atoms with E-state index in [-0.39, 0.29) is 0 Å². The van der Waals surface area contributed by atoms with E-state index in [4.69, 9.17) is 11.6 Å². The lowest BCUT2D eigenvalue weighted by Crippen LogP contribution is -2.28. The lowest BCUT2D eigenvalue weighted by atomic mass is 9.82. The Balaban J connectivity index is 2.04. The molecule has 0 aliphatic heterocycles. The Bertz CT molecular complexity index is 369. The monoisotopic (exact) mass is 279 g/mol. The standard InChI is InChI=1S/C17H26ClN/c1-19-13-16(14-8-4-2-3-5-9-14)12-15-10-6-7-11-17(15)18/h6-7,10-11,14,16,19H,2-5,8-9,12-13H2,1H3. The highest BCUT2D eigenvalue weighted by molar-refractivity contribution is 6.31. The topological polar surface area (TPSA) is 12.0 Å². The molecule has 0 spiro atoms. The van der Waals surface area contributed by atoms with Gasteiger partial charge in [-0.05, 0) is 43.5 Å². The molecule has 0 bridgehead atoms. The van der Waals surface area contributed by atoms with Gasteiger partial charge in [0, 0.05) is 5.02 Å². The number of hydrogen-bond acceptors (Lipinski definition) is 1. The maximum absolute atomic E-state index is 6.32. The molecular weight excluding hydrogens is 254 g/mol. The van der Waals surface area contributed by atoms with Gasteiger partial charge in [0.1, 0.15) is 0 Å². The van der Waals surface area contributed by atoms with Crippen LogP contribution in [0.15, 0.2) is 24.3 Å². The van der Waals surface area contributed by atoms with E-state index in [0.29, 0.717) is 0 Å². The highest BCUT2D eigenvalue weighted by Crippen LogP contribution is 2.32. The summed E-state index contributed by atoms with van der Waals surface area (Å²) in [5.41, 5.74) is 1.31. The molecule has 1 unspecified atom stereocenters. The van der Waals surface area contributed by atoms with Gasteiger partial charge >= 0.3 is 0 Å². The quantitative estimate of drug-likeness (QED) is 0.771. The minimum Gasteiger partial charge on any atom is -0.319 e. The molecule has 2 heteroatoms. The summed E-state index contributed by atoms with van der Waals surface area (Å²) in [6.07, 6.45) is 9.59. The second kappa shape index (κ2) is 7.91. The molecule has 0 radical (unpaired) electrons. The molecule has 0 aromatic heterocycles. The number of halogens is 1. The van der Waals surface area contributed by atoms with Crippen LogP contribution in [0.2, 0.25) is 5.02 Å². The van der Waals surface area contributed by atoms with Gasteiger partial charge in [-0.3, -0.25) is 0 Å². The molecule has 1 fully saturated rings. The molecule has 1 atom stereocenters. The van der Waals surface area contributed by atoms with E-state index in [9.17, 15) is 0 Å². The Labute approximate surface area is 122 Å². The first kappa shape index (κ1) is 14.9. The molecule has 1 aliphatic carbocycles. The van der Waals surface area contributed by atoms with Crippen LogP contribution in [-0.2, 0) is 6.42 Å². The van der Waals surface area contributed by atoms with Gasteiger partial charge in [-0.25, -0.2) is 0 Å². The maximum atomic E-state index is 6.32. The van der Waals surface area contributed by atoms with E-state index in [1.165, 1.54) is 44.1 Å². The minimum atomic E-state index is 0.725. The molecule has 106 valence electrons. The zero-order valence-corrected chi connectivity index (χ0v) is 12.8. The van der Waals surface area contributed by atoms with Crippen molar-refractivity contribution < 1.29 is 0 Å². The summed E-state index contributed by atoms with van der Waals surface area (Å²) in [4.78, 5) is 0. The Kier molecular flexibility index (Phi) is 6.19. The van der Waals surface area contributed by atoms with Crippen molar-refractivity contribution in [3.05, 3.63) is 34.9 Å². The lowest BCUT2D eigenvalue weighted by Gasteiger charge is -2.26. The fraction of sp³-hybridized carbons (Fsp3) is 0.647. The van der Waals surface area contributed by atoms with E-state index in [1.54, 1.807) is 0 Å². The molecule has 2 rings (SSSR count). The first-order chi connectivity index (χ1) is 9.31. The van der Waals surface area contributed by atoms with Gasteiger partial charge in [0.15, 0.2) is 0 Å². The van der Waals surface area contributed by atoms with Crippen LogP contribution in [-0.4, -0.2) is 13.6 Å². The number of hydrogen-bond donors (Lipinski definition) is 1. The van der Waals surface area contributed by atoms with Crippen molar-refractivity contribution in [2.75, 3.05) is 13.6 Å². The Morgan fingerprint density at radius 3 is 2.47 bits per heavy atom. The molecule has 1 aliphatic rings. The van der Waals surface area contributed by atoms with Crippen molar-refractivity contribution in [2.24, 2.45) is 11.8 Å². The van der Waals surface area contributed by atoms with Gasteiger partial charge in [0.05, 0.1) is 0 Å². The van der Waals surface area contributed by atoms with Crippen LogP contribution in [0.1, 0.15) is 44.1 Å². The summed E-state index contributed by atoms with van der Waals surface area (Å²) in [5, 5.41) is 4.31. The van der Waals surface area contributed by atoms with Gasteiger partial charge in [0.25, 0.3) is 0 Å². The van der Waals surface area contributed by atoms with Crippen molar-refractivity contribution in [3.63, 3.8) is 0 Å². The van der Waals surface area contributed by atoms with Crippen molar-refractivity contribution in [3.8, 4) is 0 Å². The Morgan fingerprint density at radius 2 is 1.84 bits per heavy atom.